The van der Waals surface area contributed by atoms with Crippen LogP contribution in [0, 0.1) is 6.92 Å². The molecule has 2 aromatic rings. The van der Waals surface area contributed by atoms with Crippen molar-refractivity contribution in [2.24, 2.45) is 0 Å². The zero-order chi connectivity index (χ0) is 21.0. The lowest BCUT2D eigenvalue weighted by atomic mass is 10.1. The molecule has 1 fully saturated rings. The number of benzene rings is 2. The predicted octanol–water partition coefficient (Wildman–Crippen LogP) is 2.69. The van der Waals surface area contributed by atoms with E-state index in [1.807, 2.05) is 25.1 Å². The van der Waals surface area contributed by atoms with Crippen molar-refractivity contribution in [3.05, 3.63) is 63.6 Å². The van der Waals surface area contributed by atoms with E-state index in [0.717, 1.165) is 5.56 Å². The fraction of sp³-hybridized carbons (Fsp3) is 0.100. The van der Waals surface area contributed by atoms with Gasteiger partial charge in [-0.25, -0.2) is 0 Å². The third kappa shape index (κ3) is 5.27. The Bertz CT molecular complexity index is 1030. The van der Waals surface area contributed by atoms with E-state index in [1.165, 1.54) is 6.08 Å². The van der Waals surface area contributed by atoms with E-state index in [-0.39, 0.29) is 23.2 Å². The molecule has 3 N–H and O–H groups in total. The molecule has 1 aliphatic rings. The molecule has 148 valence electrons. The number of amides is 3. The summed E-state index contributed by atoms with van der Waals surface area (Å²) in [5.74, 6) is -1.21. The molecule has 0 spiro atoms. The van der Waals surface area contributed by atoms with Crippen LogP contribution in [0.4, 0.5) is 5.69 Å². The van der Waals surface area contributed by atoms with E-state index in [9.17, 15) is 14.4 Å². The summed E-state index contributed by atoms with van der Waals surface area (Å²) >= 11 is 8.14. The van der Waals surface area contributed by atoms with Crippen LogP contribution in [0.15, 0.2) is 52.5 Å². The number of hydrogen-bond acceptors (Lipinski definition) is 5. The molecular formula is C20H16BrN3O4S. The SMILES string of the molecule is Cc1ccccc1NC(=O)COc1ccc(Br)cc1C=C1C(=O)NC(=S)NC1=O. The Kier molecular flexibility index (Phi) is 6.40. The number of rotatable bonds is 5. The zero-order valence-corrected chi connectivity index (χ0v) is 17.6. The first kappa shape index (κ1) is 20.7. The topological polar surface area (TPSA) is 96.5 Å². The van der Waals surface area contributed by atoms with Gasteiger partial charge in [-0.05, 0) is 55.0 Å². The van der Waals surface area contributed by atoms with Crippen LogP contribution in [-0.4, -0.2) is 29.4 Å². The van der Waals surface area contributed by atoms with Gasteiger partial charge in [0.25, 0.3) is 17.7 Å². The second kappa shape index (κ2) is 8.97. The van der Waals surface area contributed by atoms with E-state index in [2.05, 4.69) is 31.9 Å². The number of hydrogen-bond donors (Lipinski definition) is 3. The molecule has 2 aromatic carbocycles. The summed E-state index contributed by atoms with van der Waals surface area (Å²) in [7, 11) is 0. The van der Waals surface area contributed by atoms with Gasteiger partial charge in [0.05, 0.1) is 0 Å². The van der Waals surface area contributed by atoms with Crippen molar-refractivity contribution in [3.8, 4) is 5.75 Å². The number of nitrogens with one attached hydrogen (secondary N) is 3. The van der Waals surface area contributed by atoms with Crippen LogP contribution < -0.4 is 20.7 Å². The molecule has 29 heavy (non-hydrogen) atoms. The second-order valence-electron chi connectivity index (χ2n) is 6.13. The van der Waals surface area contributed by atoms with Crippen molar-refractivity contribution in [1.29, 1.82) is 0 Å². The molecule has 0 radical (unpaired) electrons. The van der Waals surface area contributed by atoms with E-state index in [1.54, 1.807) is 24.3 Å². The number of thiocarbonyl (C=S) groups is 1. The van der Waals surface area contributed by atoms with E-state index >= 15 is 0 Å². The molecule has 0 atom stereocenters. The van der Waals surface area contributed by atoms with Crippen molar-refractivity contribution >= 4 is 62.7 Å². The molecule has 3 rings (SSSR count). The van der Waals surface area contributed by atoms with Gasteiger partial charge in [-0.15, -0.1) is 0 Å². The summed E-state index contributed by atoms with van der Waals surface area (Å²) < 4.78 is 6.35. The van der Waals surface area contributed by atoms with Crippen LogP contribution in [0.3, 0.4) is 0 Å². The van der Waals surface area contributed by atoms with Gasteiger partial charge in [-0.3, -0.25) is 25.0 Å². The van der Waals surface area contributed by atoms with Gasteiger partial charge >= 0.3 is 0 Å². The highest BCUT2D eigenvalue weighted by atomic mass is 79.9. The number of para-hydroxylation sites is 1. The van der Waals surface area contributed by atoms with Gasteiger partial charge in [0.15, 0.2) is 11.7 Å². The molecule has 3 amide bonds. The van der Waals surface area contributed by atoms with Crippen molar-refractivity contribution in [3.63, 3.8) is 0 Å². The maximum absolute atomic E-state index is 12.2. The lowest BCUT2D eigenvalue weighted by Crippen LogP contribution is -2.51. The Balaban J connectivity index is 1.77. The molecular weight excluding hydrogens is 458 g/mol. The van der Waals surface area contributed by atoms with Gasteiger partial charge in [0.2, 0.25) is 0 Å². The van der Waals surface area contributed by atoms with Gasteiger partial charge in [-0.2, -0.15) is 0 Å². The monoisotopic (exact) mass is 473 g/mol. The molecule has 1 aliphatic heterocycles. The number of halogens is 1. The van der Waals surface area contributed by atoms with Crippen molar-refractivity contribution < 1.29 is 19.1 Å². The van der Waals surface area contributed by atoms with Gasteiger partial charge < -0.3 is 10.1 Å². The molecule has 9 heteroatoms. The lowest BCUT2D eigenvalue weighted by molar-refractivity contribution is -0.123. The summed E-state index contributed by atoms with van der Waals surface area (Å²) in [5.41, 5.74) is 1.97. The number of carbonyl (C=O) groups excluding carboxylic acids is 3. The third-order valence-corrected chi connectivity index (χ3v) is 4.69. The first-order valence-electron chi connectivity index (χ1n) is 8.49. The molecule has 1 heterocycles. The Hall–Kier alpha value is -3.04. The fourth-order valence-corrected chi connectivity index (χ4v) is 3.13. The number of ether oxygens (including phenoxy) is 1. The van der Waals surface area contributed by atoms with Crippen LogP contribution in [0.5, 0.6) is 5.75 Å². The van der Waals surface area contributed by atoms with E-state index < -0.39 is 11.8 Å². The summed E-state index contributed by atoms with van der Waals surface area (Å²) in [6.45, 7) is 1.65. The van der Waals surface area contributed by atoms with Crippen molar-refractivity contribution in [2.75, 3.05) is 11.9 Å². The van der Waals surface area contributed by atoms with Crippen LogP contribution in [0.2, 0.25) is 0 Å². The summed E-state index contributed by atoms with van der Waals surface area (Å²) in [6.07, 6.45) is 1.38. The minimum atomic E-state index is -0.609. The van der Waals surface area contributed by atoms with Crippen molar-refractivity contribution in [1.82, 2.24) is 10.6 Å². The number of aryl methyl sites for hydroxylation is 1. The van der Waals surface area contributed by atoms with Crippen LogP contribution in [-0.2, 0) is 14.4 Å². The molecule has 0 saturated carbocycles. The standard InChI is InChI=1S/C20H16BrN3O4S/c1-11-4-2-3-5-15(11)22-17(25)10-28-16-7-6-13(21)8-12(16)9-14-18(26)23-20(29)24-19(14)27/h2-9H,10H2,1H3,(H,22,25)(H2,23,24,26,27,29). The molecule has 7 nitrogen and oxygen atoms in total. The highest BCUT2D eigenvalue weighted by Gasteiger charge is 2.26. The third-order valence-electron chi connectivity index (χ3n) is 3.99. The minimum Gasteiger partial charge on any atom is -0.483 e. The van der Waals surface area contributed by atoms with Crippen molar-refractivity contribution in [2.45, 2.75) is 6.92 Å². The number of carbonyl (C=O) groups is 3. The second-order valence-corrected chi connectivity index (χ2v) is 7.45. The average Bonchev–Trinajstić information content (AvgIpc) is 2.66. The van der Waals surface area contributed by atoms with Gasteiger partial charge in [-0.1, -0.05) is 34.1 Å². The predicted molar refractivity (Wildman–Crippen MR) is 116 cm³/mol. The molecule has 0 aliphatic carbocycles. The fourth-order valence-electron chi connectivity index (χ4n) is 2.57. The Morgan fingerprint density at radius 3 is 2.55 bits per heavy atom. The largest absolute Gasteiger partial charge is 0.483 e. The Labute approximate surface area is 180 Å². The van der Waals surface area contributed by atoms with E-state index in [4.69, 9.17) is 17.0 Å². The normalized spacial score (nSPS) is 13.4. The Morgan fingerprint density at radius 1 is 1.17 bits per heavy atom. The maximum Gasteiger partial charge on any atom is 0.263 e. The van der Waals surface area contributed by atoms with Crippen LogP contribution >= 0.6 is 28.1 Å². The maximum atomic E-state index is 12.2. The lowest BCUT2D eigenvalue weighted by Gasteiger charge is -2.17. The van der Waals surface area contributed by atoms with E-state index in [0.29, 0.717) is 21.5 Å². The molecule has 0 aromatic heterocycles. The van der Waals surface area contributed by atoms with Crippen LogP contribution in [0.1, 0.15) is 11.1 Å². The first-order valence-corrected chi connectivity index (χ1v) is 9.70. The summed E-state index contributed by atoms with van der Waals surface area (Å²) in [6, 6.07) is 12.4. The highest BCUT2D eigenvalue weighted by molar-refractivity contribution is 9.10. The average molecular weight is 474 g/mol. The molecule has 0 bridgehead atoms. The number of anilines is 1. The summed E-state index contributed by atoms with van der Waals surface area (Å²) in [5, 5.41) is 7.48. The first-order chi connectivity index (χ1) is 13.8. The van der Waals surface area contributed by atoms with Gasteiger partial charge in [0, 0.05) is 15.7 Å². The van der Waals surface area contributed by atoms with Crippen LogP contribution in [0.25, 0.3) is 6.08 Å². The highest BCUT2D eigenvalue weighted by Crippen LogP contribution is 2.26. The smallest absolute Gasteiger partial charge is 0.263 e. The summed E-state index contributed by atoms with van der Waals surface area (Å²) in [4.78, 5) is 36.4. The molecule has 1 saturated heterocycles. The minimum absolute atomic E-state index is 0.0456. The molecule has 0 unspecified atom stereocenters. The zero-order valence-electron chi connectivity index (χ0n) is 15.2. The Morgan fingerprint density at radius 2 is 1.86 bits per heavy atom. The van der Waals surface area contributed by atoms with Gasteiger partial charge in [0.1, 0.15) is 11.3 Å². The quantitative estimate of drug-likeness (QED) is 0.352.